The maximum atomic E-state index is 5.81. The van der Waals surface area contributed by atoms with E-state index in [1.165, 1.54) is 0 Å². The van der Waals surface area contributed by atoms with Crippen LogP contribution >= 0.6 is 0 Å². The van der Waals surface area contributed by atoms with E-state index in [1.807, 2.05) is 18.3 Å². The van der Waals surface area contributed by atoms with Gasteiger partial charge in [0.1, 0.15) is 17.1 Å². The molecule has 1 aromatic carbocycles. The number of nitrogens with two attached hydrogens (primary N) is 1. The largest absolute Gasteiger partial charge is 0.494 e. The number of nitrogen functional groups attached to an aromatic ring is 1. The molecule has 2 N–H and O–H groups in total. The van der Waals surface area contributed by atoms with Gasteiger partial charge in [0, 0.05) is 23.6 Å². The molecule has 0 bridgehead atoms. The predicted octanol–water partition coefficient (Wildman–Crippen LogP) is 1.92. The summed E-state index contributed by atoms with van der Waals surface area (Å²) in [6.07, 6.45) is 5.27. The van der Waals surface area contributed by atoms with Crippen molar-refractivity contribution in [2.24, 2.45) is 0 Å². The molecule has 0 atom stereocenters. The lowest BCUT2D eigenvalue weighted by Gasteiger charge is -2.08. The topological polar surface area (TPSA) is 78.9 Å². The fourth-order valence-corrected chi connectivity index (χ4v) is 1.91. The molecule has 3 aromatic rings. The van der Waals surface area contributed by atoms with Gasteiger partial charge in [-0.2, -0.15) is 0 Å². The first-order valence-corrected chi connectivity index (χ1v) is 6.04. The van der Waals surface area contributed by atoms with Crippen LogP contribution in [0.2, 0.25) is 0 Å². The zero-order chi connectivity index (χ0) is 13.9. The number of nitrogens with zero attached hydrogens (tertiary/aromatic N) is 4. The first-order valence-electron chi connectivity index (χ1n) is 6.04. The molecule has 100 valence electrons. The molecule has 0 aliphatic heterocycles. The summed E-state index contributed by atoms with van der Waals surface area (Å²) in [6, 6.07) is 9.16. The van der Waals surface area contributed by atoms with E-state index in [0.717, 1.165) is 16.9 Å². The van der Waals surface area contributed by atoms with Crippen molar-refractivity contribution in [3.63, 3.8) is 0 Å². The van der Waals surface area contributed by atoms with E-state index in [-0.39, 0.29) is 0 Å². The SMILES string of the molecule is COc1ccc(N)cc1-n1cc(-c2cccnc2)nn1. The number of methoxy groups -OCH3 is 1. The van der Waals surface area contributed by atoms with Gasteiger partial charge in [0.25, 0.3) is 0 Å². The van der Waals surface area contributed by atoms with Gasteiger partial charge in [-0.25, -0.2) is 4.68 Å². The van der Waals surface area contributed by atoms with Crippen molar-refractivity contribution in [2.45, 2.75) is 0 Å². The van der Waals surface area contributed by atoms with Crippen molar-refractivity contribution in [3.8, 4) is 22.7 Å². The van der Waals surface area contributed by atoms with Crippen LogP contribution in [0.25, 0.3) is 16.9 Å². The molecule has 20 heavy (non-hydrogen) atoms. The van der Waals surface area contributed by atoms with Gasteiger partial charge in [0.2, 0.25) is 0 Å². The summed E-state index contributed by atoms with van der Waals surface area (Å²) in [7, 11) is 1.61. The van der Waals surface area contributed by atoms with Crippen LogP contribution in [0.3, 0.4) is 0 Å². The molecular formula is C14H13N5O. The molecule has 3 rings (SSSR count). The van der Waals surface area contributed by atoms with Crippen LogP contribution in [0.5, 0.6) is 5.75 Å². The minimum absolute atomic E-state index is 0.638. The Bertz CT molecular complexity index is 723. The van der Waals surface area contributed by atoms with Crippen molar-refractivity contribution in [1.29, 1.82) is 0 Å². The lowest BCUT2D eigenvalue weighted by Crippen LogP contribution is -2.00. The normalized spacial score (nSPS) is 10.4. The second-order valence-corrected chi connectivity index (χ2v) is 4.22. The van der Waals surface area contributed by atoms with Crippen LogP contribution in [-0.4, -0.2) is 27.1 Å². The van der Waals surface area contributed by atoms with Crippen LogP contribution in [0, 0.1) is 0 Å². The molecule has 0 amide bonds. The van der Waals surface area contributed by atoms with Crippen LogP contribution in [0.15, 0.2) is 48.9 Å². The van der Waals surface area contributed by atoms with E-state index in [2.05, 4.69) is 15.3 Å². The number of ether oxygens (including phenoxy) is 1. The molecule has 0 radical (unpaired) electrons. The van der Waals surface area contributed by atoms with E-state index in [9.17, 15) is 0 Å². The van der Waals surface area contributed by atoms with Gasteiger partial charge >= 0.3 is 0 Å². The highest BCUT2D eigenvalue weighted by molar-refractivity contribution is 5.59. The summed E-state index contributed by atoms with van der Waals surface area (Å²) < 4.78 is 6.95. The van der Waals surface area contributed by atoms with Gasteiger partial charge in [-0.1, -0.05) is 5.21 Å². The molecule has 2 heterocycles. The number of benzene rings is 1. The fourth-order valence-electron chi connectivity index (χ4n) is 1.91. The number of anilines is 1. The third kappa shape index (κ3) is 2.18. The summed E-state index contributed by atoms with van der Waals surface area (Å²) in [5.41, 5.74) is 8.84. The van der Waals surface area contributed by atoms with E-state index >= 15 is 0 Å². The number of aromatic nitrogens is 4. The summed E-state index contributed by atoms with van der Waals surface area (Å²) in [5, 5.41) is 8.26. The molecule has 0 saturated heterocycles. The first-order chi connectivity index (χ1) is 9.78. The Kier molecular flexibility index (Phi) is 3.04. The molecule has 0 saturated carbocycles. The standard InChI is InChI=1S/C14H13N5O/c1-20-14-5-4-11(15)7-13(14)19-9-12(17-18-19)10-3-2-6-16-8-10/h2-9H,15H2,1H3. The fraction of sp³-hybridized carbons (Fsp3) is 0.0714. The molecule has 6 nitrogen and oxygen atoms in total. The van der Waals surface area contributed by atoms with Gasteiger partial charge < -0.3 is 10.5 Å². The quantitative estimate of drug-likeness (QED) is 0.733. The summed E-state index contributed by atoms with van der Waals surface area (Å²) in [5.74, 6) is 0.682. The Morgan fingerprint density at radius 2 is 2.15 bits per heavy atom. The zero-order valence-electron chi connectivity index (χ0n) is 10.9. The van der Waals surface area contributed by atoms with Gasteiger partial charge in [-0.05, 0) is 30.3 Å². The molecule has 0 fully saturated rings. The van der Waals surface area contributed by atoms with E-state index in [1.54, 1.807) is 42.4 Å². The lowest BCUT2D eigenvalue weighted by molar-refractivity contribution is 0.411. The van der Waals surface area contributed by atoms with Crippen molar-refractivity contribution in [3.05, 3.63) is 48.9 Å². The molecule has 0 spiro atoms. The highest BCUT2D eigenvalue weighted by Gasteiger charge is 2.10. The Morgan fingerprint density at radius 1 is 1.25 bits per heavy atom. The number of hydrogen-bond donors (Lipinski definition) is 1. The zero-order valence-corrected chi connectivity index (χ0v) is 10.9. The van der Waals surface area contributed by atoms with Gasteiger partial charge in [-0.3, -0.25) is 4.98 Å². The van der Waals surface area contributed by atoms with Gasteiger partial charge in [0.15, 0.2) is 0 Å². The molecule has 0 unspecified atom stereocenters. The average Bonchev–Trinajstić information content (AvgIpc) is 2.98. The minimum Gasteiger partial charge on any atom is -0.494 e. The lowest BCUT2D eigenvalue weighted by atomic mass is 10.2. The van der Waals surface area contributed by atoms with Crippen LogP contribution < -0.4 is 10.5 Å². The van der Waals surface area contributed by atoms with Crippen LogP contribution in [0.1, 0.15) is 0 Å². The molecule has 0 aliphatic carbocycles. The summed E-state index contributed by atoms with van der Waals surface area (Å²) >= 11 is 0. The van der Waals surface area contributed by atoms with Crippen molar-refractivity contribution in [1.82, 2.24) is 20.0 Å². The average molecular weight is 267 g/mol. The van der Waals surface area contributed by atoms with E-state index in [0.29, 0.717) is 11.4 Å². The Hall–Kier alpha value is -2.89. The maximum Gasteiger partial charge on any atom is 0.144 e. The second kappa shape index (κ2) is 5.00. The van der Waals surface area contributed by atoms with Crippen LogP contribution in [0.4, 0.5) is 5.69 Å². The Balaban J connectivity index is 2.04. The molecule has 2 aromatic heterocycles. The van der Waals surface area contributed by atoms with Gasteiger partial charge in [0.05, 0.1) is 13.3 Å². The maximum absolute atomic E-state index is 5.81. The van der Waals surface area contributed by atoms with Crippen molar-refractivity contribution >= 4 is 5.69 Å². The predicted molar refractivity (Wildman–Crippen MR) is 75.6 cm³/mol. The third-order valence-corrected chi connectivity index (χ3v) is 2.90. The smallest absolute Gasteiger partial charge is 0.144 e. The van der Waals surface area contributed by atoms with Crippen LogP contribution in [-0.2, 0) is 0 Å². The van der Waals surface area contributed by atoms with E-state index < -0.39 is 0 Å². The number of hydrogen-bond acceptors (Lipinski definition) is 5. The van der Waals surface area contributed by atoms with Gasteiger partial charge in [-0.15, -0.1) is 5.10 Å². The number of pyridine rings is 1. The highest BCUT2D eigenvalue weighted by Crippen LogP contribution is 2.25. The third-order valence-electron chi connectivity index (χ3n) is 2.90. The molecule has 6 heteroatoms. The highest BCUT2D eigenvalue weighted by atomic mass is 16.5. The van der Waals surface area contributed by atoms with E-state index in [4.69, 9.17) is 10.5 Å². The minimum atomic E-state index is 0.638. The monoisotopic (exact) mass is 267 g/mol. The summed E-state index contributed by atoms with van der Waals surface area (Å²) in [4.78, 5) is 4.07. The first kappa shape index (κ1) is 12.2. The summed E-state index contributed by atoms with van der Waals surface area (Å²) in [6.45, 7) is 0. The number of rotatable bonds is 3. The molecule has 0 aliphatic rings. The molecular weight excluding hydrogens is 254 g/mol. The Labute approximate surface area is 115 Å². The second-order valence-electron chi connectivity index (χ2n) is 4.22. The van der Waals surface area contributed by atoms with Crippen molar-refractivity contribution < 1.29 is 4.74 Å². The Morgan fingerprint density at radius 3 is 2.90 bits per heavy atom. The van der Waals surface area contributed by atoms with Crippen molar-refractivity contribution in [2.75, 3.05) is 12.8 Å².